The number of carbonyl (C=O) groups excluding carboxylic acids is 1. The van der Waals surface area contributed by atoms with Crippen molar-refractivity contribution >= 4 is 35.1 Å². The zero-order valence-electron chi connectivity index (χ0n) is 6.74. The lowest BCUT2D eigenvalue weighted by Gasteiger charge is -2.15. The highest BCUT2D eigenvalue weighted by atomic mass is 35.5. The Labute approximate surface area is 85.4 Å². The highest BCUT2D eigenvalue weighted by Gasteiger charge is 2.32. The summed E-state index contributed by atoms with van der Waals surface area (Å²) in [6.45, 7) is 0.635. The topological polar surface area (TPSA) is 57.6 Å². The maximum absolute atomic E-state index is 11.2. The van der Waals surface area contributed by atoms with Crippen LogP contribution in [0.5, 0.6) is 0 Å². The summed E-state index contributed by atoms with van der Waals surface area (Å²) in [7, 11) is 0. The smallest absolute Gasteiger partial charge is 0.308 e. The van der Waals surface area contributed by atoms with Crippen molar-refractivity contribution in [3.8, 4) is 0 Å². The molecule has 1 unspecified atom stereocenters. The van der Waals surface area contributed by atoms with E-state index in [2.05, 4.69) is 0 Å². The Morgan fingerprint density at radius 3 is 2.46 bits per heavy atom. The maximum Gasteiger partial charge on any atom is 0.308 e. The molecule has 1 rings (SSSR count). The van der Waals surface area contributed by atoms with Gasteiger partial charge in [0.15, 0.2) is 4.84 Å². The number of halogens is 2. The number of amides is 1. The highest BCUT2D eigenvalue weighted by molar-refractivity contribution is 6.53. The first kappa shape index (κ1) is 10.6. The van der Waals surface area contributed by atoms with E-state index in [1.54, 1.807) is 0 Å². The van der Waals surface area contributed by atoms with Crippen LogP contribution in [-0.2, 0) is 9.59 Å². The summed E-state index contributed by atoms with van der Waals surface area (Å²) in [6.07, 6.45) is 0.474. The third-order valence-corrected chi connectivity index (χ3v) is 2.41. The van der Waals surface area contributed by atoms with Gasteiger partial charge in [-0.2, -0.15) is 0 Å². The highest BCUT2D eigenvalue weighted by Crippen LogP contribution is 2.19. The number of aliphatic carboxylic acids is 1. The second kappa shape index (κ2) is 4.15. The minimum atomic E-state index is -1.09. The molecule has 74 valence electrons. The van der Waals surface area contributed by atoms with Crippen LogP contribution in [0.1, 0.15) is 6.42 Å². The zero-order chi connectivity index (χ0) is 10.0. The van der Waals surface area contributed by atoms with E-state index < -0.39 is 22.6 Å². The number of carbonyl (C=O) groups is 2. The van der Waals surface area contributed by atoms with Crippen LogP contribution in [0, 0.1) is 5.92 Å². The molecule has 0 saturated carbocycles. The molecule has 1 atom stereocenters. The molecule has 1 fully saturated rings. The summed E-state index contributed by atoms with van der Waals surface area (Å²) < 4.78 is 0. The molecule has 1 aliphatic rings. The van der Waals surface area contributed by atoms with Crippen molar-refractivity contribution in [1.29, 1.82) is 0 Å². The third kappa shape index (κ3) is 2.48. The SMILES string of the molecule is O=C(O)C1CCN(C(=O)C(Cl)Cl)C1. The van der Waals surface area contributed by atoms with Crippen LogP contribution in [0.4, 0.5) is 0 Å². The van der Waals surface area contributed by atoms with E-state index in [-0.39, 0.29) is 6.54 Å². The van der Waals surface area contributed by atoms with Gasteiger partial charge < -0.3 is 10.0 Å². The summed E-state index contributed by atoms with van der Waals surface area (Å²) in [5.74, 6) is -1.76. The Bertz CT molecular complexity index is 232. The molecule has 1 amide bonds. The molecule has 0 aromatic carbocycles. The average molecular weight is 226 g/mol. The van der Waals surface area contributed by atoms with E-state index in [0.717, 1.165) is 0 Å². The largest absolute Gasteiger partial charge is 0.481 e. The number of likely N-dealkylation sites (tertiary alicyclic amines) is 1. The Hall–Kier alpha value is -0.480. The summed E-state index contributed by atoms with van der Waals surface area (Å²) in [5, 5.41) is 8.65. The summed E-state index contributed by atoms with van der Waals surface area (Å²) >= 11 is 10.7. The van der Waals surface area contributed by atoms with Gasteiger partial charge in [0.1, 0.15) is 0 Å². The fraction of sp³-hybridized carbons (Fsp3) is 0.714. The van der Waals surface area contributed by atoms with E-state index in [4.69, 9.17) is 28.3 Å². The number of hydrogen-bond acceptors (Lipinski definition) is 2. The van der Waals surface area contributed by atoms with Crippen LogP contribution in [0.25, 0.3) is 0 Å². The van der Waals surface area contributed by atoms with Crippen LogP contribution in [0.3, 0.4) is 0 Å². The lowest BCUT2D eigenvalue weighted by Crippen LogP contribution is -2.33. The van der Waals surface area contributed by atoms with Crippen LogP contribution < -0.4 is 0 Å². The minimum Gasteiger partial charge on any atom is -0.481 e. The fourth-order valence-corrected chi connectivity index (χ4v) is 1.58. The molecule has 0 bridgehead atoms. The molecule has 4 nitrogen and oxygen atoms in total. The van der Waals surface area contributed by atoms with Crippen LogP contribution in [0.2, 0.25) is 0 Å². The van der Waals surface area contributed by atoms with Crippen LogP contribution >= 0.6 is 23.2 Å². The van der Waals surface area contributed by atoms with Crippen molar-refractivity contribution in [2.24, 2.45) is 5.92 Å². The molecule has 0 aromatic rings. The second-order valence-corrected chi connectivity index (χ2v) is 4.01. The molecule has 1 N–H and O–H groups in total. The fourth-order valence-electron chi connectivity index (χ4n) is 1.30. The van der Waals surface area contributed by atoms with Crippen molar-refractivity contribution in [3.63, 3.8) is 0 Å². The van der Waals surface area contributed by atoms with Gasteiger partial charge in [0.2, 0.25) is 0 Å². The van der Waals surface area contributed by atoms with Crippen molar-refractivity contribution < 1.29 is 14.7 Å². The number of carboxylic acids is 1. The molecule has 13 heavy (non-hydrogen) atoms. The van der Waals surface area contributed by atoms with E-state index in [1.807, 2.05) is 0 Å². The van der Waals surface area contributed by atoms with Crippen molar-refractivity contribution in [2.45, 2.75) is 11.3 Å². The Morgan fingerprint density at radius 1 is 1.46 bits per heavy atom. The molecule has 0 spiro atoms. The van der Waals surface area contributed by atoms with Gasteiger partial charge in [-0.15, -0.1) is 0 Å². The first-order chi connectivity index (χ1) is 6.02. The van der Waals surface area contributed by atoms with E-state index in [9.17, 15) is 9.59 Å². The molecule has 0 radical (unpaired) electrons. The Morgan fingerprint density at radius 2 is 2.08 bits per heavy atom. The number of nitrogens with zero attached hydrogens (tertiary/aromatic N) is 1. The van der Waals surface area contributed by atoms with Gasteiger partial charge >= 0.3 is 5.97 Å². The molecule has 1 aliphatic heterocycles. The van der Waals surface area contributed by atoms with E-state index in [0.29, 0.717) is 13.0 Å². The van der Waals surface area contributed by atoms with Gasteiger partial charge in [0.05, 0.1) is 5.92 Å². The molecule has 0 aromatic heterocycles. The predicted molar refractivity (Wildman–Crippen MR) is 47.8 cm³/mol. The Kier molecular flexibility index (Phi) is 3.39. The minimum absolute atomic E-state index is 0.212. The predicted octanol–water partition coefficient (Wildman–Crippen LogP) is 0.723. The van der Waals surface area contributed by atoms with Crippen LogP contribution in [0.15, 0.2) is 0 Å². The summed E-state index contributed by atoms with van der Waals surface area (Å²) in [5.41, 5.74) is 0. The summed E-state index contributed by atoms with van der Waals surface area (Å²) in [4.78, 5) is 22.0. The van der Waals surface area contributed by atoms with Crippen molar-refractivity contribution in [2.75, 3.05) is 13.1 Å². The van der Waals surface area contributed by atoms with Crippen molar-refractivity contribution in [1.82, 2.24) is 4.90 Å². The zero-order valence-corrected chi connectivity index (χ0v) is 8.25. The third-order valence-electron chi connectivity index (χ3n) is 2.04. The monoisotopic (exact) mass is 225 g/mol. The van der Waals surface area contributed by atoms with Gasteiger partial charge in [-0.3, -0.25) is 9.59 Å². The standard InChI is InChI=1S/C7H9Cl2NO3/c8-5(9)6(11)10-2-1-4(3-10)7(12)13/h4-5H,1-3H2,(H,12,13). The van der Waals surface area contributed by atoms with Gasteiger partial charge in [-0.25, -0.2) is 0 Å². The maximum atomic E-state index is 11.2. The number of carboxylic acid groups (broad SMARTS) is 1. The number of hydrogen-bond donors (Lipinski definition) is 1. The molecular weight excluding hydrogens is 217 g/mol. The first-order valence-electron chi connectivity index (χ1n) is 3.82. The number of alkyl halides is 2. The normalized spacial score (nSPS) is 22.4. The first-order valence-corrected chi connectivity index (χ1v) is 4.69. The second-order valence-electron chi connectivity index (χ2n) is 2.91. The van der Waals surface area contributed by atoms with Gasteiger partial charge in [0.25, 0.3) is 5.91 Å². The number of rotatable bonds is 2. The van der Waals surface area contributed by atoms with E-state index in [1.165, 1.54) is 4.90 Å². The molecule has 6 heteroatoms. The quantitative estimate of drug-likeness (QED) is 0.706. The van der Waals surface area contributed by atoms with Gasteiger partial charge in [-0.05, 0) is 6.42 Å². The summed E-state index contributed by atoms with van der Waals surface area (Å²) in [6, 6.07) is 0. The molecular formula is C7H9Cl2NO3. The lowest BCUT2D eigenvalue weighted by atomic mass is 10.1. The molecule has 1 saturated heterocycles. The molecule has 0 aliphatic carbocycles. The van der Waals surface area contributed by atoms with Crippen LogP contribution in [-0.4, -0.2) is 39.8 Å². The van der Waals surface area contributed by atoms with E-state index >= 15 is 0 Å². The Balaban J connectivity index is 2.50. The van der Waals surface area contributed by atoms with Crippen molar-refractivity contribution in [3.05, 3.63) is 0 Å². The van der Waals surface area contributed by atoms with Gasteiger partial charge in [-0.1, -0.05) is 23.2 Å². The molecule has 1 heterocycles. The lowest BCUT2D eigenvalue weighted by molar-refractivity contribution is -0.141. The van der Waals surface area contributed by atoms with Gasteiger partial charge in [0, 0.05) is 13.1 Å². The average Bonchev–Trinajstić information content (AvgIpc) is 2.50.